The summed E-state index contributed by atoms with van der Waals surface area (Å²) in [5, 5.41) is 11.8. The van der Waals surface area contributed by atoms with Crippen molar-refractivity contribution in [1.29, 1.82) is 0 Å². The third-order valence-electron chi connectivity index (χ3n) is 4.14. The van der Waals surface area contributed by atoms with E-state index in [1.54, 1.807) is 11.3 Å². The van der Waals surface area contributed by atoms with Crippen LogP contribution in [0.3, 0.4) is 0 Å². The standard InChI is InChI=1S/C19H15N2S.C5H8O2.Ir/c1-12(2)19-21-16-9-10-20-17(18(16)22-19)15-8-7-13-5-3-4-6-14(13)11-15;1-4(6)3-5(2)7;/h3-10,12H,1-2H3;3,6H,1-2H3;/q-1;;/b;4-3-;. The molecule has 0 bridgehead atoms. The Hall–Kier alpha value is -2.40. The molecule has 4 aromatic rings. The maximum Gasteiger partial charge on any atom is 0.155 e. The summed E-state index contributed by atoms with van der Waals surface area (Å²) in [7, 11) is 0. The summed E-state index contributed by atoms with van der Waals surface area (Å²) in [5.74, 6) is 0.373. The van der Waals surface area contributed by atoms with Gasteiger partial charge in [0, 0.05) is 48.7 Å². The topological polar surface area (TPSA) is 63.1 Å². The SMILES string of the molecule is CC(=O)/C=C(/C)O.CC(C)c1nc2ccnc(-c3[c-]c4ccccc4cc3)c2s1.[Ir]. The van der Waals surface area contributed by atoms with Crippen LogP contribution in [0.4, 0.5) is 0 Å². The van der Waals surface area contributed by atoms with Crippen LogP contribution in [0.5, 0.6) is 0 Å². The van der Waals surface area contributed by atoms with Crippen LogP contribution in [0, 0.1) is 6.07 Å². The molecule has 4 nitrogen and oxygen atoms in total. The molecule has 30 heavy (non-hydrogen) atoms. The number of benzene rings is 2. The van der Waals surface area contributed by atoms with E-state index in [0.29, 0.717) is 5.92 Å². The Morgan fingerprint density at radius 3 is 2.50 bits per heavy atom. The third kappa shape index (κ3) is 5.82. The van der Waals surface area contributed by atoms with Gasteiger partial charge in [-0.1, -0.05) is 43.0 Å². The second-order valence-electron chi connectivity index (χ2n) is 7.07. The zero-order valence-corrected chi connectivity index (χ0v) is 20.5. The minimum atomic E-state index is -0.125. The molecular weight excluding hydrogens is 573 g/mol. The maximum absolute atomic E-state index is 10.0. The molecular formula is C24H23IrN2O2S-. The zero-order chi connectivity index (χ0) is 21.0. The molecule has 0 aliphatic rings. The maximum atomic E-state index is 10.0. The van der Waals surface area contributed by atoms with E-state index in [4.69, 9.17) is 10.1 Å². The molecule has 0 amide bonds. The minimum Gasteiger partial charge on any atom is -0.512 e. The first-order chi connectivity index (χ1) is 13.8. The molecule has 2 aromatic heterocycles. The third-order valence-corrected chi connectivity index (χ3v) is 5.52. The van der Waals surface area contributed by atoms with E-state index >= 15 is 0 Å². The van der Waals surface area contributed by atoms with Gasteiger partial charge in [0.1, 0.15) is 0 Å². The van der Waals surface area contributed by atoms with Crippen LogP contribution in [0.25, 0.3) is 32.2 Å². The van der Waals surface area contributed by atoms with Gasteiger partial charge in [0.15, 0.2) is 5.78 Å². The molecule has 6 heteroatoms. The summed E-state index contributed by atoms with van der Waals surface area (Å²) >= 11 is 1.74. The van der Waals surface area contributed by atoms with Gasteiger partial charge in [-0.25, -0.2) is 4.98 Å². The predicted molar refractivity (Wildman–Crippen MR) is 120 cm³/mol. The molecule has 0 fully saturated rings. The fourth-order valence-electron chi connectivity index (χ4n) is 2.86. The molecule has 2 heterocycles. The molecule has 1 N–H and O–H groups in total. The van der Waals surface area contributed by atoms with E-state index in [1.807, 2.05) is 24.4 Å². The first-order valence-electron chi connectivity index (χ1n) is 9.40. The van der Waals surface area contributed by atoms with E-state index in [1.165, 1.54) is 25.3 Å². The molecule has 0 aliphatic carbocycles. The second kappa shape index (κ2) is 10.6. The smallest absolute Gasteiger partial charge is 0.155 e. The van der Waals surface area contributed by atoms with Gasteiger partial charge in [0.05, 0.1) is 16.3 Å². The number of pyridine rings is 1. The molecule has 4 rings (SSSR count). The van der Waals surface area contributed by atoms with Gasteiger partial charge in [-0.05, 0) is 19.9 Å². The number of aliphatic hydroxyl groups excluding tert-OH is 1. The van der Waals surface area contributed by atoms with Gasteiger partial charge in [0.25, 0.3) is 0 Å². The van der Waals surface area contributed by atoms with Gasteiger partial charge in [-0.3, -0.25) is 9.78 Å². The number of hydrogen-bond donors (Lipinski definition) is 1. The van der Waals surface area contributed by atoms with Crippen molar-refractivity contribution in [3.8, 4) is 11.3 Å². The Kier molecular flexibility index (Phi) is 8.42. The number of aromatic nitrogens is 2. The van der Waals surface area contributed by atoms with Crippen LogP contribution in [0.1, 0.15) is 38.6 Å². The quantitative estimate of drug-likeness (QED) is 0.168. The average molecular weight is 596 g/mol. The monoisotopic (exact) mass is 596 g/mol. The Labute approximate surface area is 194 Å². The molecule has 0 saturated carbocycles. The van der Waals surface area contributed by atoms with Crippen molar-refractivity contribution in [3.05, 3.63) is 71.6 Å². The summed E-state index contributed by atoms with van der Waals surface area (Å²) in [6.07, 6.45) is 3.00. The molecule has 1 radical (unpaired) electrons. The Balaban J connectivity index is 0.000000350. The van der Waals surface area contributed by atoms with E-state index in [0.717, 1.165) is 31.9 Å². The molecule has 0 spiro atoms. The van der Waals surface area contributed by atoms with Crippen LogP contribution in [-0.2, 0) is 24.9 Å². The summed E-state index contributed by atoms with van der Waals surface area (Å²) in [6, 6.07) is 18.0. The van der Waals surface area contributed by atoms with E-state index < -0.39 is 0 Å². The molecule has 0 saturated heterocycles. The summed E-state index contributed by atoms with van der Waals surface area (Å²) in [4.78, 5) is 19.3. The van der Waals surface area contributed by atoms with E-state index in [-0.39, 0.29) is 31.6 Å². The van der Waals surface area contributed by atoms with Gasteiger partial charge < -0.3 is 5.11 Å². The Morgan fingerprint density at radius 2 is 1.87 bits per heavy atom. The number of carbonyl (C=O) groups excluding carboxylic acids is 1. The fourth-order valence-corrected chi connectivity index (χ4v) is 3.93. The first-order valence-corrected chi connectivity index (χ1v) is 10.2. The molecule has 0 atom stereocenters. The summed E-state index contributed by atoms with van der Waals surface area (Å²) in [5.41, 5.74) is 3.04. The molecule has 0 unspecified atom stereocenters. The number of hydrogen-bond acceptors (Lipinski definition) is 5. The van der Waals surface area contributed by atoms with Crippen molar-refractivity contribution >= 4 is 38.1 Å². The zero-order valence-electron chi connectivity index (χ0n) is 17.3. The number of rotatable bonds is 3. The van der Waals surface area contributed by atoms with Crippen LogP contribution in [-0.4, -0.2) is 20.9 Å². The number of ketones is 1. The predicted octanol–water partition coefficient (Wildman–Crippen LogP) is 6.47. The number of fused-ring (bicyclic) bond motifs is 2. The van der Waals surface area contributed by atoms with Gasteiger partial charge >= 0.3 is 0 Å². The molecule has 0 aliphatic heterocycles. The minimum absolute atomic E-state index is 0. The second-order valence-corrected chi connectivity index (χ2v) is 8.10. The van der Waals surface area contributed by atoms with Crippen molar-refractivity contribution in [2.45, 2.75) is 33.6 Å². The first kappa shape index (κ1) is 23.9. The fraction of sp³-hybridized carbons (Fsp3) is 0.208. The molecule has 157 valence electrons. The number of nitrogens with zero attached hydrogens (tertiary/aromatic N) is 2. The normalized spacial score (nSPS) is 11.2. The summed E-state index contributed by atoms with van der Waals surface area (Å²) in [6.45, 7) is 7.20. The van der Waals surface area contributed by atoms with Crippen LogP contribution in [0.15, 0.2) is 60.5 Å². The van der Waals surface area contributed by atoms with E-state index in [9.17, 15) is 4.79 Å². The number of aliphatic hydroxyl groups is 1. The van der Waals surface area contributed by atoms with E-state index in [2.05, 4.69) is 49.2 Å². The van der Waals surface area contributed by atoms with Crippen LogP contribution in [0.2, 0.25) is 0 Å². The van der Waals surface area contributed by atoms with Crippen molar-refractivity contribution in [2.24, 2.45) is 0 Å². The van der Waals surface area contributed by atoms with Crippen LogP contribution >= 0.6 is 11.3 Å². The number of thiazole rings is 1. The van der Waals surface area contributed by atoms with Gasteiger partial charge in [-0.2, -0.15) is 0 Å². The van der Waals surface area contributed by atoms with Crippen molar-refractivity contribution in [1.82, 2.24) is 9.97 Å². The average Bonchev–Trinajstić information content (AvgIpc) is 3.12. The Bertz CT molecular complexity index is 1190. The number of allylic oxidation sites excluding steroid dienone is 2. The van der Waals surface area contributed by atoms with Crippen molar-refractivity contribution in [2.75, 3.05) is 0 Å². The largest absolute Gasteiger partial charge is 0.512 e. The van der Waals surface area contributed by atoms with Gasteiger partial charge in [-0.15, -0.1) is 41.0 Å². The van der Waals surface area contributed by atoms with Crippen molar-refractivity contribution < 1.29 is 30.0 Å². The summed E-state index contributed by atoms with van der Waals surface area (Å²) < 4.78 is 1.15. The number of carbonyl (C=O) groups is 1. The molecule has 2 aromatic carbocycles. The Morgan fingerprint density at radius 1 is 1.13 bits per heavy atom. The van der Waals surface area contributed by atoms with Crippen LogP contribution < -0.4 is 0 Å². The van der Waals surface area contributed by atoms with Gasteiger partial charge in [0.2, 0.25) is 0 Å². The van der Waals surface area contributed by atoms with Crippen molar-refractivity contribution in [3.63, 3.8) is 0 Å².